The van der Waals surface area contributed by atoms with Crippen molar-refractivity contribution in [3.63, 3.8) is 0 Å². The minimum Gasteiger partial charge on any atom is -0.488 e. The summed E-state index contributed by atoms with van der Waals surface area (Å²) in [5.41, 5.74) is 0.627. The monoisotopic (exact) mass is 320 g/mol. The highest BCUT2D eigenvalue weighted by Gasteiger charge is 2.31. The molecule has 1 aromatic carbocycles. The minimum atomic E-state index is -0.129. The third-order valence-corrected chi connectivity index (χ3v) is 3.86. The van der Waals surface area contributed by atoms with Crippen molar-refractivity contribution in [1.82, 2.24) is 9.88 Å². The standard InChI is InChI=1S/C16H17ClN2O3/c1-10-15(21-11(2)18-10)16(20)19-7-6-14(9-19)22-13-5-3-4-12(17)8-13/h3-5,8,14H,6-7,9H2,1-2H3/t14-/m0/s1. The molecule has 5 nitrogen and oxygen atoms in total. The predicted octanol–water partition coefficient (Wildman–Crippen LogP) is 3.24. The predicted molar refractivity (Wildman–Crippen MR) is 82.4 cm³/mol. The van der Waals surface area contributed by atoms with Gasteiger partial charge >= 0.3 is 0 Å². The van der Waals surface area contributed by atoms with E-state index >= 15 is 0 Å². The van der Waals surface area contributed by atoms with E-state index < -0.39 is 0 Å². The number of carbonyl (C=O) groups excluding carboxylic acids is 1. The third-order valence-electron chi connectivity index (χ3n) is 3.63. The van der Waals surface area contributed by atoms with E-state index in [1.165, 1.54) is 0 Å². The summed E-state index contributed by atoms with van der Waals surface area (Å²) in [5, 5.41) is 0.635. The van der Waals surface area contributed by atoms with Crippen molar-refractivity contribution in [2.75, 3.05) is 13.1 Å². The molecule has 6 heteroatoms. The first-order valence-corrected chi connectivity index (χ1v) is 7.56. The van der Waals surface area contributed by atoms with Crippen molar-refractivity contribution in [2.45, 2.75) is 26.4 Å². The van der Waals surface area contributed by atoms with Gasteiger partial charge < -0.3 is 14.1 Å². The van der Waals surface area contributed by atoms with Crippen molar-refractivity contribution in [2.24, 2.45) is 0 Å². The Hall–Kier alpha value is -2.01. The van der Waals surface area contributed by atoms with Crippen LogP contribution in [0.3, 0.4) is 0 Å². The summed E-state index contributed by atoms with van der Waals surface area (Å²) >= 11 is 5.95. The normalized spacial score (nSPS) is 17.8. The molecule has 0 bridgehead atoms. The Morgan fingerprint density at radius 1 is 1.45 bits per heavy atom. The van der Waals surface area contributed by atoms with Crippen LogP contribution in [0.1, 0.15) is 28.6 Å². The summed E-state index contributed by atoms with van der Waals surface area (Å²) in [7, 11) is 0. The Morgan fingerprint density at radius 2 is 2.27 bits per heavy atom. The lowest BCUT2D eigenvalue weighted by Crippen LogP contribution is -2.31. The molecule has 3 rings (SSSR count). The van der Waals surface area contributed by atoms with Crippen molar-refractivity contribution in [3.8, 4) is 5.75 Å². The molecule has 0 unspecified atom stereocenters. The van der Waals surface area contributed by atoms with E-state index in [2.05, 4.69) is 4.98 Å². The lowest BCUT2D eigenvalue weighted by atomic mass is 10.3. The average Bonchev–Trinajstić information content (AvgIpc) is 3.05. The van der Waals surface area contributed by atoms with Crippen LogP contribution in [0, 0.1) is 13.8 Å². The molecule has 1 fully saturated rings. The number of rotatable bonds is 3. The molecule has 1 atom stereocenters. The number of hydrogen-bond acceptors (Lipinski definition) is 4. The van der Waals surface area contributed by atoms with Crippen LogP contribution in [0.4, 0.5) is 0 Å². The highest BCUT2D eigenvalue weighted by molar-refractivity contribution is 6.30. The first kappa shape index (κ1) is 14.9. The van der Waals surface area contributed by atoms with Crippen molar-refractivity contribution >= 4 is 17.5 Å². The molecule has 1 aliphatic heterocycles. The Kier molecular flexibility index (Phi) is 4.07. The maximum Gasteiger partial charge on any atom is 0.291 e. The molecule has 1 amide bonds. The molecule has 0 spiro atoms. The van der Waals surface area contributed by atoms with Crippen LogP contribution >= 0.6 is 11.6 Å². The van der Waals surface area contributed by atoms with Gasteiger partial charge in [-0.2, -0.15) is 0 Å². The number of benzene rings is 1. The Morgan fingerprint density at radius 3 is 2.95 bits per heavy atom. The van der Waals surface area contributed by atoms with E-state index in [1.54, 1.807) is 30.9 Å². The molecular formula is C16H17ClN2O3. The topological polar surface area (TPSA) is 55.6 Å². The van der Waals surface area contributed by atoms with Gasteiger partial charge in [0.15, 0.2) is 5.89 Å². The van der Waals surface area contributed by atoms with Gasteiger partial charge in [-0.15, -0.1) is 0 Å². The zero-order valence-electron chi connectivity index (χ0n) is 12.5. The third kappa shape index (κ3) is 3.09. The van der Waals surface area contributed by atoms with Crippen LogP contribution in [0.5, 0.6) is 5.75 Å². The molecule has 2 heterocycles. The zero-order chi connectivity index (χ0) is 15.7. The fourth-order valence-electron chi connectivity index (χ4n) is 2.61. The highest BCUT2D eigenvalue weighted by atomic mass is 35.5. The second kappa shape index (κ2) is 6.01. The number of nitrogens with zero attached hydrogens (tertiary/aromatic N) is 2. The fraction of sp³-hybridized carbons (Fsp3) is 0.375. The van der Waals surface area contributed by atoms with Gasteiger partial charge in [-0.25, -0.2) is 4.98 Å². The average molecular weight is 321 g/mol. The first-order chi connectivity index (χ1) is 10.5. The van der Waals surface area contributed by atoms with E-state index in [9.17, 15) is 4.79 Å². The smallest absolute Gasteiger partial charge is 0.291 e. The fourth-order valence-corrected chi connectivity index (χ4v) is 2.80. The molecule has 1 saturated heterocycles. The van der Waals surface area contributed by atoms with Gasteiger partial charge in [-0.1, -0.05) is 17.7 Å². The zero-order valence-corrected chi connectivity index (χ0v) is 13.3. The SMILES string of the molecule is Cc1nc(C)c(C(=O)N2CC[C@H](Oc3cccc(Cl)c3)C2)o1. The maximum absolute atomic E-state index is 12.4. The number of aryl methyl sites for hydroxylation is 2. The molecule has 22 heavy (non-hydrogen) atoms. The summed E-state index contributed by atoms with van der Waals surface area (Å²) in [6, 6.07) is 7.28. The number of likely N-dealkylation sites (tertiary alicyclic amines) is 1. The van der Waals surface area contributed by atoms with Crippen LogP contribution in [-0.4, -0.2) is 35.0 Å². The molecule has 1 aliphatic rings. The Bertz CT molecular complexity index is 698. The lowest BCUT2D eigenvalue weighted by Gasteiger charge is -2.16. The quantitative estimate of drug-likeness (QED) is 0.871. The number of hydrogen-bond donors (Lipinski definition) is 0. The number of oxazole rings is 1. The van der Waals surface area contributed by atoms with Gasteiger partial charge in [0.25, 0.3) is 5.91 Å². The summed E-state index contributed by atoms with van der Waals surface area (Å²) in [6.07, 6.45) is 0.747. The molecule has 0 saturated carbocycles. The second-order valence-electron chi connectivity index (χ2n) is 5.38. The summed E-state index contributed by atoms with van der Waals surface area (Å²) in [4.78, 5) is 18.3. The van der Waals surface area contributed by atoms with Crippen LogP contribution in [0.15, 0.2) is 28.7 Å². The number of halogens is 1. The van der Waals surface area contributed by atoms with E-state index in [1.807, 2.05) is 12.1 Å². The number of ether oxygens (including phenoxy) is 1. The Balaban J connectivity index is 1.65. The van der Waals surface area contributed by atoms with Gasteiger partial charge in [-0.3, -0.25) is 4.79 Å². The molecule has 1 aromatic heterocycles. The van der Waals surface area contributed by atoms with Gasteiger partial charge in [0, 0.05) is 24.9 Å². The lowest BCUT2D eigenvalue weighted by molar-refractivity contribution is 0.0738. The molecular weight excluding hydrogens is 304 g/mol. The number of aromatic nitrogens is 1. The van der Waals surface area contributed by atoms with Crippen LogP contribution < -0.4 is 4.74 Å². The van der Waals surface area contributed by atoms with Crippen LogP contribution in [0.25, 0.3) is 0 Å². The number of carbonyl (C=O) groups is 1. The van der Waals surface area contributed by atoms with Crippen LogP contribution in [0.2, 0.25) is 5.02 Å². The highest BCUT2D eigenvalue weighted by Crippen LogP contribution is 2.23. The summed E-state index contributed by atoms with van der Waals surface area (Å²) in [6.45, 7) is 4.69. The maximum atomic E-state index is 12.4. The molecule has 116 valence electrons. The van der Waals surface area contributed by atoms with Crippen LogP contribution in [-0.2, 0) is 0 Å². The van der Waals surface area contributed by atoms with E-state index in [0.717, 1.165) is 12.2 Å². The van der Waals surface area contributed by atoms with Gasteiger partial charge in [0.2, 0.25) is 5.76 Å². The van der Waals surface area contributed by atoms with E-state index in [-0.39, 0.29) is 12.0 Å². The minimum absolute atomic E-state index is 0.0354. The van der Waals surface area contributed by atoms with Crippen molar-refractivity contribution in [1.29, 1.82) is 0 Å². The first-order valence-electron chi connectivity index (χ1n) is 7.18. The van der Waals surface area contributed by atoms with Crippen molar-refractivity contribution < 1.29 is 13.9 Å². The summed E-state index contributed by atoms with van der Waals surface area (Å²) < 4.78 is 11.3. The largest absolute Gasteiger partial charge is 0.488 e. The molecule has 2 aromatic rings. The van der Waals surface area contributed by atoms with E-state index in [0.29, 0.717) is 35.5 Å². The molecule has 0 aliphatic carbocycles. The van der Waals surface area contributed by atoms with Gasteiger partial charge in [0.05, 0.1) is 12.2 Å². The van der Waals surface area contributed by atoms with Gasteiger partial charge in [0.1, 0.15) is 11.9 Å². The Labute approximate surface area is 133 Å². The number of amides is 1. The van der Waals surface area contributed by atoms with Crippen molar-refractivity contribution in [3.05, 3.63) is 46.6 Å². The molecule has 0 radical (unpaired) electrons. The van der Waals surface area contributed by atoms with Gasteiger partial charge in [-0.05, 0) is 25.1 Å². The molecule has 0 N–H and O–H groups in total. The summed E-state index contributed by atoms with van der Waals surface area (Å²) in [5.74, 6) is 1.42. The van der Waals surface area contributed by atoms with E-state index in [4.69, 9.17) is 20.8 Å². The second-order valence-corrected chi connectivity index (χ2v) is 5.82.